The van der Waals surface area contributed by atoms with Crippen molar-refractivity contribution in [1.82, 2.24) is 19.9 Å². The van der Waals surface area contributed by atoms with E-state index in [0.29, 0.717) is 32.2 Å². The summed E-state index contributed by atoms with van der Waals surface area (Å²) in [5, 5.41) is 11.5. The summed E-state index contributed by atoms with van der Waals surface area (Å²) in [7, 11) is 0. The fourth-order valence-electron chi connectivity index (χ4n) is 2.78. The molecule has 2 N–H and O–H groups in total. The van der Waals surface area contributed by atoms with Crippen LogP contribution in [0.4, 0.5) is 10.8 Å². The molecule has 0 saturated heterocycles. The number of nitrogens with one attached hydrogen (secondary N) is 2. The first kappa shape index (κ1) is 18.1. The van der Waals surface area contributed by atoms with Crippen molar-refractivity contribution in [3.8, 4) is 0 Å². The van der Waals surface area contributed by atoms with Crippen LogP contribution in [0.15, 0.2) is 53.3 Å². The summed E-state index contributed by atoms with van der Waals surface area (Å²) < 4.78 is 1.30. The largest absolute Gasteiger partial charge is 0.350 e. The zero-order valence-corrected chi connectivity index (χ0v) is 16.3. The molecule has 0 spiro atoms. The molecule has 4 rings (SSSR count). The highest BCUT2D eigenvalue weighted by molar-refractivity contribution is 7.20. The van der Waals surface area contributed by atoms with Crippen molar-refractivity contribution in [2.24, 2.45) is 0 Å². The second-order valence-corrected chi connectivity index (χ2v) is 7.48. The molecule has 8 heteroatoms. The average Bonchev–Trinajstić information content (AvgIpc) is 3.10. The Morgan fingerprint density at radius 1 is 1.21 bits per heavy atom. The lowest BCUT2D eigenvalue weighted by atomic mass is 10.1. The molecule has 1 amide bonds. The molecule has 142 valence electrons. The normalized spacial score (nSPS) is 12.2. The van der Waals surface area contributed by atoms with Crippen LogP contribution >= 0.6 is 11.3 Å². The van der Waals surface area contributed by atoms with Gasteiger partial charge in [-0.2, -0.15) is 4.52 Å². The Bertz CT molecular complexity index is 1230. The minimum absolute atomic E-state index is 0.112. The number of amides is 1. The second kappa shape index (κ2) is 7.40. The highest BCUT2D eigenvalue weighted by Crippen LogP contribution is 2.23. The zero-order valence-electron chi connectivity index (χ0n) is 15.5. The first-order valence-corrected chi connectivity index (χ1v) is 9.83. The van der Waals surface area contributed by atoms with E-state index in [4.69, 9.17) is 0 Å². The van der Waals surface area contributed by atoms with E-state index in [1.807, 2.05) is 32.0 Å². The SMILES string of the molecule is CCC(C)NC(=O)c1cccc(Nc2nn3c(=O)c4ccccc4nc3s2)c1. The minimum atomic E-state index is -0.202. The van der Waals surface area contributed by atoms with Crippen molar-refractivity contribution in [1.29, 1.82) is 0 Å². The standard InChI is InChI=1S/C20H19N5O2S/c1-3-12(2)21-17(26)13-7-6-8-14(11-13)22-19-24-25-18(27)15-9-4-5-10-16(15)23-20(25)28-19/h4-12H,3H2,1-2H3,(H,21,26)(H,22,24). The lowest BCUT2D eigenvalue weighted by molar-refractivity contribution is 0.0939. The molecule has 0 saturated carbocycles. The van der Waals surface area contributed by atoms with Crippen LogP contribution < -0.4 is 16.2 Å². The third kappa shape index (κ3) is 3.46. The zero-order chi connectivity index (χ0) is 19.7. The van der Waals surface area contributed by atoms with Gasteiger partial charge in [0.1, 0.15) is 0 Å². The maximum absolute atomic E-state index is 12.6. The van der Waals surface area contributed by atoms with Crippen molar-refractivity contribution in [3.05, 3.63) is 64.4 Å². The van der Waals surface area contributed by atoms with Crippen molar-refractivity contribution >= 4 is 43.9 Å². The van der Waals surface area contributed by atoms with Crippen LogP contribution in [-0.4, -0.2) is 26.5 Å². The number of benzene rings is 2. The van der Waals surface area contributed by atoms with Gasteiger partial charge >= 0.3 is 0 Å². The van der Waals surface area contributed by atoms with Gasteiger partial charge in [0.15, 0.2) is 0 Å². The number of aromatic nitrogens is 3. The number of carbonyl (C=O) groups excluding carboxylic acids is 1. The van der Waals surface area contributed by atoms with Gasteiger partial charge in [-0.15, -0.1) is 5.10 Å². The third-order valence-corrected chi connectivity index (χ3v) is 5.29. The van der Waals surface area contributed by atoms with E-state index in [0.717, 1.165) is 6.42 Å². The maximum atomic E-state index is 12.6. The Kier molecular flexibility index (Phi) is 4.79. The van der Waals surface area contributed by atoms with E-state index < -0.39 is 0 Å². The molecule has 0 aliphatic heterocycles. The van der Waals surface area contributed by atoms with Crippen LogP contribution in [0.2, 0.25) is 0 Å². The number of fused-ring (bicyclic) bond motifs is 2. The number of nitrogens with zero attached hydrogens (tertiary/aromatic N) is 3. The first-order chi connectivity index (χ1) is 13.5. The van der Waals surface area contributed by atoms with Gasteiger partial charge in [0.05, 0.1) is 10.9 Å². The predicted octanol–water partition coefficient (Wildman–Crippen LogP) is 3.58. The lowest BCUT2D eigenvalue weighted by Crippen LogP contribution is -2.31. The topological polar surface area (TPSA) is 88.4 Å². The molecular formula is C20H19N5O2S. The van der Waals surface area contributed by atoms with E-state index in [9.17, 15) is 9.59 Å². The minimum Gasteiger partial charge on any atom is -0.350 e. The van der Waals surface area contributed by atoms with Crippen LogP contribution in [0.1, 0.15) is 30.6 Å². The molecule has 0 fully saturated rings. The van der Waals surface area contributed by atoms with E-state index in [1.54, 1.807) is 30.3 Å². The average molecular weight is 393 g/mol. The van der Waals surface area contributed by atoms with Gasteiger partial charge in [-0.25, -0.2) is 4.98 Å². The van der Waals surface area contributed by atoms with Crippen molar-refractivity contribution in [2.45, 2.75) is 26.3 Å². The monoisotopic (exact) mass is 393 g/mol. The maximum Gasteiger partial charge on any atom is 0.283 e. The highest BCUT2D eigenvalue weighted by atomic mass is 32.1. The summed E-state index contributed by atoms with van der Waals surface area (Å²) in [5.74, 6) is -0.119. The van der Waals surface area contributed by atoms with Gasteiger partial charge < -0.3 is 10.6 Å². The molecule has 1 atom stereocenters. The summed E-state index contributed by atoms with van der Waals surface area (Å²) >= 11 is 1.28. The van der Waals surface area contributed by atoms with Gasteiger partial charge in [-0.1, -0.05) is 36.5 Å². The van der Waals surface area contributed by atoms with Crippen LogP contribution in [-0.2, 0) is 0 Å². The number of para-hydroxylation sites is 1. The van der Waals surface area contributed by atoms with Crippen LogP contribution in [0.5, 0.6) is 0 Å². The fraction of sp³-hybridized carbons (Fsp3) is 0.200. The number of carbonyl (C=O) groups is 1. The quantitative estimate of drug-likeness (QED) is 0.541. The van der Waals surface area contributed by atoms with Crippen LogP contribution in [0.25, 0.3) is 15.9 Å². The van der Waals surface area contributed by atoms with Gasteiger partial charge in [-0.3, -0.25) is 9.59 Å². The van der Waals surface area contributed by atoms with Crippen LogP contribution in [0.3, 0.4) is 0 Å². The molecule has 1 unspecified atom stereocenters. The molecule has 28 heavy (non-hydrogen) atoms. The molecule has 2 heterocycles. The summed E-state index contributed by atoms with van der Waals surface area (Å²) in [5.41, 5.74) is 1.72. The summed E-state index contributed by atoms with van der Waals surface area (Å²) in [6.45, 7) is 3.99. The van der Waals surface area contributed by atoms with Gasteiger partial charge in [0, 0.05) is 17.3 Å². The molecule has 0 radical (unpaired) electrons. The summed E-state index contributed by atoms with van der Waals surface area (Å²) in [6.07, 6.45) is 0.867. The Hall–Kier alpha value is -3.26. The lowest BCUT2D eigenvalue weighted by Gasteiger charge is -2.12. The molecule has 4 aromatic rings. The Morgan fingerprint density at radius 3 is 2.86 bits per heavy atom. The number of anilines is 2. The Balaban J connectivity index is 1.64. The summed E-state index contributed by atoms with van der Waals surface area (Å²) in [6, 6.07) is 14.5. The molecule has 2 aromatic heterocycles. The summed E-state index contributed by atoms with van der Waals surface area (Å²) in [4.78, 5) is 30.0. The smallest absolute Gasteiger partial charge is 0.283 e. The highest BCUT2D eigenvalue weighted by Gasteiger charge is 2.12. The second-order valence-electron chi connectivity index (χ2n) is 6.52. The number of hydrogen-bond acceptors (Lipinski definition) is 6. The Morgan fingerprint density at radius 2 is 2.04 bits per heavy atom. The Labute approximate surface area is 165 Å². The fourth-order valence-corrected chi connectivity index (χ4v) is 3.60. The molecule has 0 aliphatic rings. The molecule has 0 aliphatic carbocycles. The van der Waals surface area contributed by atoms with E-state index >= 15 is 0 Å². The first-order valence-electron chi connectivity index (χ1n) is 9.01. The molecule has 7 nitrogen and oxygen atoms in total. The number of rotatable bonds is 5. The van der Waals surface area contributed by atoms with Crippen molar-refractivity contribution in [3.63, 3.8) is 0 Å². The molecular weight excluding hydrogens is 374 g/mol. The predicted molar refractivity (Wildman–Crippen MR) is 112 cm³/mol. The van der Waals surface area contributed by atoms with E-state index in [2.05, 4.69) is 20.7 Å². The van der Waals surface area contributed by atoms with Crippen LogP contribution in [0, 0.1) is 0 Å². The third-order valence-electron chi connectivity index (χ3n) is 4.47. The van der Waals surface area contributed by atoms with Crippen molar-refractivity contribution in [2.75, 3.05) is 5.32 Å². The number of hydrogen-bond donors (Lipinski definition) is 2. The van der Waals surface area contributed by atoms with E-state index in [1.165, 1.54) is 15.9 Å². The van der Waals surface area contributed by atoms with Gasteiger partial charge in [-0.05, 0) is 43.7 Å². The van der Waals surface area contributed by atoms with Crippen molar-refractivity contribution < 1.29 is 4.79 Å². The molecule has 2 aromatic carbocycles. The van der Waals surface area contributed by atoms with E-state index in [-0.39, 0.29) is 17.5 Å². The van der Waals surface area contributed by atoms with Gasteiger partial charge in [0.25, 0.3) is 11.5 Å². The van der Waals surface area contributed by atoms with Gasteiger partial charge in [0.2, 0.25) is 10.1 Å². The molecule has 0 bridgehead atoms.